The van der Waals surface area contributed by atoms with Gasteiger partial charge in [0.05, 0.1) is 0 Å². The summed E-state index contributed by atoms with van der Waals surface area (Å²) in [6, 6.07) is 4.38. The van der Waals surface area contributed by atoms with Crippen LogP contribution >= 0.6 is 0 Å². The molecule has 2 aliphatic heterocycles. The number of amides is 1. The van der Waals surface area contributed by atoms with E-state index in [2.05, 4.69) is 22.8 Å². The number of hydrogen-bond acceptors (Lipinski definition) is 3. The summed E-state index contributed by atoms with van der Waals surface area (Å²) < 4.78 is 0. The Labute approximate surface area is 137 Å². The minimum absolute atomic E-state index is 0.0781. The van der Waals surface area contributed by atoms with Gasteiger partial charge in [0, 0.05) is 0 Å². The van der Waals surface area contributed by atoms with Crippen LogP contribution in [0.2, 0.25) is 0 Å². The fraction of sp³-hybridized carbons (Fsp3) is 0.579. The molecule has 122 valence electrons. The summed E-state index contributed by atoms with van der Waals surface area (Å²) in [4.78, 5) is 25.8. The molecule has 1 unspecified atom stereocenters. The van der Waals surface area contributed by atoms with Gasteiger partial charge in [-0.15, -0.1) is 0 Å². The topological polar surface area (TPSA) is 58.2 Å². The van der Waals surface area contributed by atoms with Crippen molar-refractivity contribution in [3.63, 3.8) is 0 Å². The van der Waals surface area contributed by atoms with Crippen molar-refractivity contribution >= 4 is 11.7 Å². The lowest BCUT2D eigenvalue weighted by atomic mass is 9.79. The van der Waals surface area contributed by atoms with Crippen LogP contribution in [0.5, 0.6) is 0 Å². The molecule has 4 heteroatoms. The second-order valence-electron chi connectivity index (χ2n) is 7.46. The van der Waals surface area contributed by atoms with E-state index in [1.54, 1.807) is 0 Å². The van der Waals surface area contributed by atoms with E-state index in [1.165, 1.54) is 18.4 Å². The number of aryl methyl sites for hydroxylation is 2. The molecule has 3 fully saturated rings. The number of benzene rings is 1. The highest BCUT2D eigenvalue weighted by Crippen LogP contribution is 2.43. The van der Waals surface area contributed by atoms with E-state index in [4.69, 9.17) is 0 Å². The van der Waals surface area contributed by atoms with Crippen molar-refractivity contribution in [2.75, 3.05) is 13.1 Å². The van der Waals surface area contributed by atoms with Crippen LogP contribution in [-0.4, -0.2) is 30.3 Å². The molecule has 1 aromatic carbocycles. The highest BCUT2D eigenvalue weighted by Gasteiger charge is 2.53. The van der Waals surface area contributed by atoms with Crippen LogP contribution in [0.15, 0.2) is 12.1 Å². The number of piperidine rings is 1. The Balaban J connectivity index is 1.72. The lowest BCUT2D eigenvalue weighted by Gasteiger charge is -2.32. The van der Waals surface area contributed by atoms with Gasteiger partial charge in [-0.05, 0) is 80.8 Å². The Hall–Kier alpha value is -1.68. The van der Waals surface area contributed by atoms with E-state index in [0.717, 1.165) is 29.8 Å². The smallest absolute Gasteiger partial charge is 0.235 e. The van der Waals surface area contributed by atoms with Gasteiger partial charge in [0.1, 0.15) is 11.5 Å². The first kappa shape index (κ1) is 14.9. The monoisotopic (exact) mass is 312 g/mol. The van der Waals surface area contributed by atoms with Gasteiger partial charge in [-0.1, -0.05) is 12.1 Å². The molecule has 1 saturated carbocycles. The molecular formula is C19H24N2O2. The maximum Gasteiger partial charge on any atom is 0.235 e. The molecule has 2 heterocycles. The number of carbonyl (C=O) groups is 2. The molecule has 1 aliphatic carbocycles. The summed E-state index contributed by atoms with van der Waals surface area (Å²) in [5.74, 6) is 0.0308. The van der Waals surface area contributed by atoms with Crippen LogP contribution in [-0.2, 0) is 9.59 Å². The normalized spacial score (nSPS) is 26.6. The zero-order valence-electron chi connectivity index (χ0n) is 13.9. The summed E-state index contributed by atoms with van der Waals surface area (Å²) in [5.41, 5.74) is 3.84. The number of rotatable bonds is 2. The molecule has 2 saturated heterocycles. The lowest BCUT2D eigenvalue weighted by molar-refractivity contribution is -0.125. The highest BCUT2D eigenvalue weighted by atomic mass is 16.2. The van der Waals surface area contributed by atoms with E-state index in [9.17, 15) is 9.59 Å². The van der Waals surface area contributed by atoms with Crippen molar-refractivity contribution in [2.24, 2.45) is 0 Å². The van der Waals surface area contributed by atoms with E-state index < -0.39 is 11.5 Å². The third-order valence-corrected chi connectivity index (χ3v) is 5.77. The molecule has 1 atom stereocenters. The van der Waals surface area contributed by atoms with Crippen LogP contribution < -0.4 is 10.6 Å². The van der Waals surface area contributed by atoms with Crippen LogP contribution in [0.4, 0.5) is 0 Å². The first-order chi connectivity index (χ1) is 11.0. The van der Waals surface area contributed by atoms with Crippen molar-refractivity contribution in [1.82, 2.24) is 10.6 Å². The quantitative estimate of drug-likeness (QED) is 0.822. The maximum atomic E-state index is 13.1. The molecule has 0 bridgehead atoms. The largest absolute Gasteiger partial charge is 0.343 e. The number of hydrogen-bond donors (Lipinski definition) is 2. The van der Waals surface area contributed by atoms with Crippen molar-refractivity contribution in [3.05, 3.63) is 34.4 Å². The molecule has 2 N–H and O–H groups in total. The van der Waals surface area contributed by atoms with E-state index in [1.807, 2.05) is 13.8 Å². The summed E-state index contributed by atoms with van der Waals surface area (Å²) in [6.45, 7) is 5.67. The van der Waals surface area contributed by atoms with E-state index in [0.29, 0.717) is 18.8 Å². The first-order valence-corrected chi connectivity index (χ1v) is 8.70. The van der Waals surface area contributed by atoms with E-state index in [-0.39, 0.29) is 11.7 Å². The van der Waals surface area contributed by atoms with Crippen LogP contribution in [0.25, 0.3) is 0 Å². The van der Waals surface area contributed by atoms with Gasteiger partial charge in [0.15, 0.2) is 5.78 Å². The Morgan fingerprint density at radius 1 is 1.04 bits per heavy atom. The number of carbonyl (C=O) groups excluding carboxylic acids is 2. The molecule has 0 radical (unpaired) electrons. The first-order valence-electron chi connectivity index (χ1n) is 8.70. The molecule has 4 nitrogen and oxygen atoms in total. The predicted octanol–water partition coefficient (Wildman–Crippen LogP) is 2.09. The van der Waals surface area contributed by atoms with Gasteiger partial charge in [-0.25, -0.2) is 0 Å². The number of ketones is 1. The maximum absolute atomic E-state index is 13.1. The minimum atomic E-state index is -0.638. The van der Waals surface area contributed by atoms with E-state index >= 15 is 0 Å². The third-order valence-electron chi connectivity index (χ3n) is 5.77. The van der Waals surface area contributed by atoms with Gasteiger partial charge in [-0.2, -0.15) is 0 Å². The van der Waals surface area contributed by atoms with Crippen LogP contribution in [0.3, 0.4) is 0 Å². The Morgan fingerprint density at radius 2 is 1.65 bits per heavy atom. The summed E-state index contributed by atoms with van der Waals surface area (Å²) in [7, 11) is 0. The summed E-state index contributed by atoms with van der Waals surface area (Å²) in [5, 5.41) is 6.32. The van der Waals surface area contributed by atoms with Gasteiger partial charge in [-0.3, -0.25) is 9.59 Å². The molecule has 4 rings (SSSR count). The lowest BCUT2D eigenvalue weighted by Crippen LogP contribution is -2.53. The third kappa shape index (κ3) is 2.31. The Kier molecular flexibility index (Phi) is 3.34. The molecule has 3 aliphatic rings. The fourth-order valence-corrected chi connectivity index (χ4v) is 4.37. The number of nitrogens with one attached hydrogen (secondary N) is 2. The van der Waals surface area contributed by atoms with Crippen molar-refractivity contribution in [1.29, 1.82) is 0 Å². The summed E-state index contributed by atoms with van der Waals surface area (Å²) in [6.07, 6.45) is 3.92. The molecule has 0 aromatic heterocycles. The van der Waals surface area contributed by atoms with Gasteiger partial charge in [0.25, 0.3) is 0 Å². The van der Waals surface area contributed by atoms with Crippen LogP contribution in [0.1, 0.15) is 59.8 Å². The molecule has 1 spiro atoms. The molecule has 23 heavy (non-hydrogen) atoms. The standard InChI is InChI=1S/C19H24N2O2/c1-11-9-14(13-3-4-13)10-12(2)15(11)16-17(22)19(21-18(16)23)5-7-20-8-6-19/h9-10,13,16,20H,3-8H2,1-2H3,(H,21,23). The minimum Gasteiger partial charge on any atom is -0.343 e. The fourth-order valence-electron chi connectivity index (χ4n) is 4.37. The average molecular weight is 312 g/mol. The zero-order chi connectivity index (χ0) is 16.2. The number of Topliss-reactive ketones (excluding diaryl/α,β-unsaturated/α-hetero) is 1. The molecule has 1 aromatic rings. The zero-order valence-corrected chi connectivity index (χ0v) is 13.9. The average Bonchev–Trinajstić information content (AvgIpc) is 3.32. The molecular weight excluding hydrogens is 288 g/mol. The predicted molar refractivity (Wildman–Crippen MR) is 88.6 cm³/mol. The summed E-state index contributed by atoms with van der Waals surface area (Å²) >= 11 is 0. The van der Waals surface area contributed by atoms with Crippen molar-refractivity contribution in [2.45, 2.75) is 56.9 Å². The SMILES string of the molecule is Cc1cc(C2CC2)cc(C)c1C1C(=O)NC2(CCNCC2)C1=O. The van der Waals surface area contributed by atoms with Crippen molar-refractivity contribution < 1.29 is 9.59 Å². The van der Waals surface area contributed by atoms with Crippen molar-refractivity contribution in [3.8, 4) is 0 Å². The van der Waals surface area contributed by atoms with Gasteiger partial charge < -0.3 is 10.6 Å². The van der Waals surface area contributed by atoms with Crippen LogP contribution in [0, 0.1) is 13.8 Å². The Bertz CT molecular complexity index is 662. The highest BCUT2D eigenvalue weighted by molar-refractivity contribution is 6.17. The second-order valence-corrected chi connectivity index (χ2v) is 7.46. The Morgan fingerprint density at radius 3 is 2.22 bits per heavy atom. The van der Waals surface area contributed by atoms with Gasteiger partial charge in [0.2, 0.25) is 5.91 Å². The molecule has 1 amide bonds. The second kappa shape index (κ2) is 5.17. The van der Waals surface area contributed by atoms with Gasteiger partial charge >= 0.3 is 0 Å².